The maximum absolute atomic E-state index is 12.6. The van der Waals surface area contributed by atoms with Gasteiger partial charge in [0.25, 0.3) is 0 Å². The van der Waals surface area contributed by atoms with Crippen LogP contribution in [-0.2, 0) is 9.59 Å². The van der Waals surface area contributed by atoms with Crippen LogP contribution in [0.3, 0.4) is 0 Å². The lowest BCUT2D eigenvalue weighted by molar-refractivity contribution is -0.122. The van der Waals surface area contributed by atoms with Gasteiger partial charge in [0, 0.05) is 4.47 Å². The molecule has 0 saturated heterocycles. The molecule has 1 unspecified atom stereocenters. The number of anilines is 2. The quantitative estimate of drug-likeness (QED) is 0.698. The number of amides is 2. The average Bonchev–Trinajstić information content (AvgIpc) is 2.63. The number of halogens is 1. The van der Waals surface area contributed by atoms with Gasteiger partial charge in [0.2, 0.25) is 11.8 Å². The zero-order valence-electron chi connectivity index (χ0n) is 15.9. The molecule has 1 atom stereocenters. The van der Waals surface area contributed by atoms with Crippen molar-refractivity contribution in [2.45, 2.75) is 19.9 Å². The third kappa shape index (κ3) is 5.80. The van der Waals surface area contributed by atoms with Crippen molar-refractivity contribution in [3.8, 4) is 5.75 Å². The number of nitrogens with one attached hydrogen (secondary N) is 2. The molecule has 0 saturated carbocycles. The van der Waals surface area contributed by atoms with E-state index < -0.39 is 6.04 Å². The highest BCUT2D eigenvalue weighted by Crippen LogP contribution is 2.25. The molecule has 2 rings (SSSR count). The number of ether oxygens (including phenoxy) is 1. The van der Waals surface area contributed by atoms with Crippen LogP contribution in [0.4, 0.5) is 11.4 Å². The topological polar surface area (TPSA) is 70.7 Å². The first-order valence-electron chi connectivity index (χ1n) is 8.52. The van der Waals surface area contributed by atoms with Crippen molar-refractivity contribution < 1.29 is 14.3 Å². The molecule has 2 aromatic rings. The van der Waals surface area contributed by atoms with Crippen molar-refractivity contribution in [3.63, 3.8) is 0 Å². The third-order valence-electron chi connectivity index (χ3n) is 4.19. The van der Waals surface area contributed by atoms with Gasteiger partial charge in [-0.1, -0.05) is 18.2 Å². The molecule has 0 aliphatic carbocycles. The summed E-state index contributed by atoms with van der Waals surface area (Å²) in [5.41, 5.74) is 2.32. The number of hydrogen-bond donors (Lipinski definition) is 2. The van der Waals surface area contributed by atoms with E-state index in [2.05, 4.69) is 26.6 Å². The highest BCUT2D eigenvalue weighted by atomic mass is 79.9. The van der Waals surface area contributed by atoms with E-state index in [0.717, 1.165) is 10.0 Å². The molecule has 2 aromatic carbocycles. The van der Waals surface area contributed by atoms with Gasteiger partial charge in [-0.2, -0.15) is 0 Å². The van der Waals surface area contributed by atoms with E-state index in [-0.39, 0.29) is 18.4 Å². The number of hydrogen-bond acceptors (Lipinski definition) is 4. The van der Waals surface area contributed by atoms with E-state index in [1.54, 1.807) is 26.0 Å². The first-order valence-corrected chi connectivity index (χ1v) is 9.31. The standard InChI is InChI=1S/C20H24BrN3O3/c1-13-9-10-18(27-4)17(11-13)23-20(26)14(2)24(3)12-19(25)22-16-8-6-5-7-15(16)21/h5-11,14H,12H2,1-4H3,(H,22,25)(H,23,26). The predicted octanol–water partition coefficient (Wildman–Crippen LogP) is 3.66. The van der Waals surface area contributed by atoms with Crippen molar-refractivity contribution in [3.05, 3.63) is 52.5 Å². The van der Waals surface area contributed by atoms with Gasteiger partial charge in [-0.3, -0.25) is 14.5 Å². The van der Waals surface area contributed by atoms with Gasteiger partial charge in [-0.25, -0.2) is 0 Å². The second-order valence-electron chi connectivity index (χ2n) is 6.31. The average molecular weight is 434 g/mol. The van der Waals surface area contributed by atoms with Crippen LogP contribution in [-0.4, -0.2) is 43.5 Å². The Hall–Kier alpha value is -2.38. The SMILES string of the molecule is COc1ccc(C)cc1NC(=O)C(C)N(C)CC(=O)Nc1ccccc1Br. The Labute approximate surface area is 168 Å². The first kappa shape index (κ1) is 20.9. The van der Waals surface area contributed by atoms with Gasteiger partial charge in [-0.15, -0.1) is 0 Å². The number of benzene rings is 2. The van der Waals surface area contributed by atoms with Crippen LogP contribution < -0.4 is 15.4 Å². The molecular formula is C20H24BrN3O3. The highest BCUT2D eigenvalue weighted by molar-refractivity contribution is 9.10. The minimum Gasteiger partial charge on any atom is -0.495 e. The number of para-hydroxylation sites is 1. The maximum Gasteiger partial charge on any atom is 0.241 e. The van der Waals surface area contributed by atoms with Crippen LogP contribution in [0.2, 0.25) is 0 Å². The van der Waals surface area contributed by atoms with Crippen LogP contribution in [0.1, 0.15) is 12.5 Å². The number of methoxy groups -OCH3 is 1. The largest absolute Gasteiger partial charge is 0.495 e. The van der Waals surface area contributed by atoms with Crippen LogP contribution in [0, 0.1) is 6.92 Å². The number of carbonyl (C=O) groups excluding carboxylic acids is 2. The molecule has 0 spiro atoms. The summed E-state index contributed by atoms with van der Waals surface area (Å²) in [4.78, 5) is 26.5. The van der Waals surface area contributed by atoms with Crippen molar-refractivity contribution in [1.29, 1.82) is 0 Å². The second-order valence-corrected chi connectivity index (χ2v) is 7.17. The third-order valence-corrected chi connectivity index (χ3v) is 4.89. The number of nitrogens with zero attached hydrogens (tertiary/aromatic N) is 1. The van der Waals surface area contributed by atoms with Crippen molar-refractivity contribution in [2.75, 3.05) is 31.3 Å². The molecule has 0 aliphatic rings. The summed E-state index contributed by atoms with van der Waals surface area (Å²) in [6.07, 6.45) is 0. The smallest absolute Gasteiger partial charge is 0.241 e. The summed E-state index contributed by atoms with van der Waals surface area (Å²) in [5, 5.41) is 5.70. The van der Waals surface area contributed by atoms with Crippen LogP contribution in [0.5, 0.6) is 5.75 Å². The predicted molar refractivity (Wildman–Crippen MR) is 111 cm³/mol. The van der Waals surface area contributed by atoms with Gasteiger partial charge in [0.05, 0.1) is 31.1 Å². The molecule has 144 valence electrons. The van der Waals surface area contributed by atoms with Gasteiger partial charge in [0.1, 0.15) is 5.75 Å². The molecule has 0 fully saturated rings. The number of aryl methyl sites for hydroxylation is 1. The second kappa shape index (κ2) is 9.53. The molecule has 27 heavy (non-hydrogen) atoms. The summed E-state index contributed by atoms with van der Waals surface area (Å²) < 4.78 is 6.09. The van der Waals surface area contributed by atoms with E-state index in [1.165, 1.54) is 0 Å². The highest BCUT2D eigenvalue weighted by Gasteiger charge is 2.21. The molecule has 0 bridgehead atoms. The fraction of sp³-hybridized carbons (Fsp3) is 0.300. The van der Waals surface area contributed by atoms with E-state index in [9.17, 15) is 9.59 Å². The Bertz CT molecular complexity index is 826. The Balaban J connectivity index is 1.97. The van der Waals surface area contributed by atoms with Crippen LogP contribution in [0.15, 0.2) is 46.9 Å². The zero-order chi connectivity index (χ0) is 20.0. The minimum atomic E-state index is -0.500. The fourth-order valence-electron chi connectivity index (χ4n) is 2.47. The number of likely N-dealkylation sites (N-methyl/N-ethyl adjacent to an activating group) is 1. The van der Waals surface area contributed by atoms with E-state index in [4.69, 9.17) is 4.74 Å². The van der Waals surface area contributed by atoms with Crippen LogP contribution >= 0.6 is 15.9 Å². The Morgan fingerprint density at radius 3 is 2.52 bits per heavy atom. The first-order chi connectivity index (χ1) is 12.8. The monoisotopic (exact) mass is 433 g/mol. The van der Waals surface area contributed by atoms with Gasteiger partial charge in [0.15, 0.2) is 0 Å². The number of rotatable bonds is 7. The molecule has 0 aromatic heterocycles. The minimum absolute atomic E-state index is 0.0842. The van der Waals surface area contributed by atoms with E-state index in [0.29, 0.717) is 17.1 Å². The zero-order valence-corrected chi connectivity index (χ0v) is 17.5. The molecule has 0 radical (unpaired) electrons. The summed E-state index contributed by atoms with van der Waals surface area (Å²) in [5.74, 6) is 0.183. The molecule has 2 amide bonds. The molecule has 2 N–H and O–H groups in total. The van der Waals surface area contributed by atoms with Gasteiger partial charge >= 0.3 is 0 Å². The molecule has 7 heteroatoms. The van der Waals surface area contributed by atoms with E-state index in [1.807, 2.05) is 49.4 Å². The van der Waals surface area contributed by atoms with Crippen molar-refractivity contribution >= 4 is 39.1 Å². The lowest BCUT2D eigenvalue weighted by atomic mass is 10.2. The summed E-state index contributed by atoms with van der Waals surface area (Å²) >= 11 is 3.40. The molecule has 6 nitrogen and oxygen atoms in total. The lowest BCUT2D eigenvalue weighted by Crippen LogP contribution is -2.43. The molecular weight excluding hydrogens is 410 g/mol. The Kier molecular flexibility index (Phi) is 7.38. The maximum atomic E-state index is 12.6. The van der Waals surface area contributed by atoms with Gasteiger partial charge < -0.3 is 15.4 Å². The Morgan fingerprint density at radius 2 is 1.85 bits per heavy atom. The lowest BCUT2D eigenvalue weighted by Gasteiger charge is -2.24. The van der Waals surface area contributed by atoms with Crippen LogP contribution in [0.25, 0.3) is 0 Å². The van der Waals surface area contributed by atoms with Gasteiger partial charge in [-0.05, 0) is 66.7 Å². The fourth-order valence-corrected chi connectivity index (χ4v) is 2.86. The number of carbonyl (C=O) groups is 2. The summed E-state index contributed by atoms with van der Waals surface area (Å²) in [6.45, 7) is 3.78. The molecule has 0 aliphatic heterocycles. The molecule has 0 heterocycles. The normalized spacial score (nSPS) is 11.8. The Morgan fingerprint density at radius 1 is 1.15 bits per heavy atom. The van der Waals surface area contributed by atoms with Crippen molar-refractivity contribution in [2.24, 2.45) is 0 Å². The summed E-state index contributed by atoms with van der Waals surface area (Å²) in [7, 11) is 3.29. The van der Waals surface area contributed by atoms with E-state index >= 15 is 0 Å². The van der Waals surface area contributed by atoms with Crippen molar-refractivity contribution in [1.82, 2.24) is 4.90 Å². The summed E-state index contributed by atoms with van der Waals surface area (Å²) in [6, 6.07) is 12.4.